The molecule has 2 aromatic rings. The number of ketones is 1. The molecule has 0 spiro atoms. The summed E-state index contributed by atoms with van der Waals surface area (Å²) in [6.45, 7) is 2.68. The third-order valence-corrected chi connectivity index (χ3v) is 5.71. The molecule has 0 saturated heterocycles. The molecule has 2 aliphatic rings. The van der Waals surface area contributed by atoms with Crippen molar-refractivity contribution < 1.29 is 4.79 Å². The second-order valence-corrected chi connectivity index (χ2v) is 7.65. The van der Waals surface area contributed by atoms with E-state index in [0.717, 1.165) is 25.7 Å². The van der Waals surface area contributed by atoms with Crippen molar-refractivity contribution >= 4 is 16.9 Å². The summed E-state index contributed by atoms with van der Waals surface area (Å²) >= 11 is 0. The van der Waals surface area contributed by atoms with Gasteiger partial charge in [-0.3, -0.25) is 18.7 Å². The van der Waals surface area contributed by atoms with Crippen LogP contribution >= 0.6 is 0 Å². The maximum absolute atomic E-state index is 13.0. The van der Waals surface area contributed by atoms with Crippen LogP contribution in [0.1, 0.15) is 45.4 Å². The van der Waals surface area contributed by atoms with Crippen molar-refractivity contribution in [2.75, 3.05) is 0 Å². The Kier molecular flexibility index (Phi) is 4.09. The number of nitrogens with zero attached hydrogens (tertiary/aromatic N) is 4. The van der Waals surface area contributed by atoms with Gasteiger partial charge in [-0.15, -0.1) is 0 Å². The van der Waals surface area contributed by atoms with E-state index in [2.05, 4.69) is 4.98 Å². The van der Waals surface area contributed by atoms with Crippen molar-refractivity contribution in [1.82, 2.24) is 18.7 Å². The van der Waals surface area contributed by atoms with Gasteiger partial charge in [0.2, 0.25) is 0 Å². The van der Waals surface area contributed by atoms with Gasteiger partial charge in [0.25, 0.3) is 5.56 Å². The summed E-state index contributed by atoms with van der Waals surface area (Å²) in [7, 11) is 0. The molecule has 0 bridgehead atoms. The lowest BCUT2D eigenvalue weighted by atomic mass is 9.85. The molecule has 2 fully saturated rings. The summed E-state index contributed by atoms with van der Waals surface area (Å²) in [5.41, 5.74) is 0.251. The van der Waals surface area contributed by atoms with Crippen molar-refractivity contribution in [2.45, 2.75) is 65.1 Å². The van der Waals surface area contributed by atoms with E-state index in [-0.39, 0.29) is 23.6 Å². The monoisotopic (exact) mass is 344 g/mol. The molecule has 134 valence electrons. The first-order valence-electron chi connectivity index (χ1n) is 9.22. The number of hydrogen-bond donors (Lipinski definition) is 0. The second-order valence-electron chi connectivity index (χ2n) is 7.65. The van der Waals surface area contributed by atoms with Crippen LogP contribution < -0.4 is 11.2 Å². The highest BCUT2D eigenvalue weighted by molar-refractivity contribution is 5.78. The van der Waals surface area contributed by atoms with Gasteiger partial charge >= 0.3 is 5.69 Å². The van der Waals surface area contributed by atoms with Crippen molar-refractivity contribution in [3.8, 4) is 0 Å². The minimum Gasteiger partial charge on any atom is -0.317 e. The molecule has 4 rings (SSSR count). The van der Waals surface area contributed by atoms with E-state index < -0.39 is 0 Å². The van der Waals surface area contributed by atoms with Crippen molar-refractivity contribution in [3.05, 3.63) is 27.2 Å². The van der Waals surface area contributed by atoms with Gasteiger partial charge in [0.05, 0.1) is 12.9 Å². The van der Waals surface area contributed by atoms with Crippen LogP contribution in [0.15, 0.2) is 15.9 Å². The largest absolute Gasteiger partial charge is 0.332 e. The highest BCUT2D eigenvalue weighted by Crippen LogP contribution is 2.29. The van der Waals surface area contributed by atoms with Gasteiger partial charge in [-0.25, -0.2) is 9.78 Å². The van der Waals surface area contributed by atoms with Crippen molar-refractivity contribution in [1.29, 1.82) is 0 Å². The molecular weight excluding hydrogens is 320 g/mol. The standard InChI is InChI=1S/C18H24N4O3/c1-12(23)8-20-11-19-16-15(20)17(24)22(10-14-6-3-7-14)18(25)21(16)9-13-4-2-5-13/h11,13-14H,2-10H2,1H3. The number of carbonyl (C=O) groups excluding carboxylic acids is 1. The van der Waals surface area contributed by atoms with Gasteiger partial charge in [0, 0.05) is 13.1 Å². The minimum absolute atomic E-state index is 0.0408. The third kappa shape index (κ3) is 2.85. The molecule has 7 nitrogen and oxygen atoms in total. The Morgan fingerprint density at radius 2 is 1.68 bits per heavy atom. The second kappa shape index (κ2) is 6.28. The maximum Gasteiger partial charge on any atom is 0.332 e. The normalized spacial score (nSPS) is 18.3. The molecule has 2 aliphatic carbocycles. The molecule has 2 aromatic heterocycles. The first-order valence-corrected chi connectivity index (χ1v) is 9.22. The van der Waals surface area contributed by atoms with Crippen LogP contribution in [0.2, 0.25) is 0 Å². The van der Waals surface area contributed by atoms with E-state index in [1.54, 1.807) is 9.13 Å². The molecule has 0 aromatic carbocycles. The van der Waals surface area contributed by atoms with Crippen LogP contribution in [-0.4, -0.2) is 24.5 Å². The lowest BCUT2D eigenvalue weighted by Crippen LogP contribution is -2.44. The predicted molar refractivity (Wildman–Crippen MR) is 93.6 cm³/mol. The quantitative estimate of drug-likeness (QED) is 0.796. The zero-order valence-corrected chi connectivity index (χ0v) is 14.6. The van der Waals surface area contributed by atoms with Crippen LogP contribution in [0.4, 0.5) is 0 Å². The molecule has 0 aliphatic heterocycles. The topological polar surface area (TPSA) is 78.9 Å². The summed E-state index contributed by atoms with van der Waals surface area (Å²) in [5, 5.41) is 0. The van der Waals surface area contributed by atoms with Gasteiger partial charge in [0.15, 0.2) is 11.2 Å². The molecule has 0 unspecified atom stereocenters. The number of hydrogen-bond acceptors (Lipinski definition) is 4. The molecular formula is C18H24N4O3. The van der Waals surface area contributed by atoms with Crippen LogP contribution in [0.5, 0.6) is 0 Å². The number of imidazole rings is 1. The van der Waals surface area contributed by atoms with Crippen LogP contribution in [-0.2, 0) is 24.4 Å². The number of carbonyl (C=O) groups is 1. The Balaban J connectivity index is 1.87. The summed E-state index contributed by atoms with van der Waals surface area (Å²) in [6.07, 6.45) is 8.24. The number of Topliss-reactive ketones (excluding diaryl/α,β-unsaturated/α-hetero) is 1. The number of rotatable bonds is 6. The van der Waals surface area contributed by atoms with E-state index >= 15 is 0 Å². The Hall–Kier alpha value is -2.18. The molecule has 2 heterocycles. The molecule has 7 heteroatoms. The molecule has 0 radical (unpaired) electrons. The van der Waals surface area contributed by atoms with E-state index in [1.165, 1.54) is 30.7 Å². The predicted octanol–water partition coefficient (Wildman–Crippen LogP) is 1.55. The van der Waals surface area contributed by atoms with Crippen LogP contribution in [0.25, 0.3) is 11.2 Å². The van der Waals surface area contributed by atoms with E-state index in [9.17, 15) is 14.4 Å². The smallest absolute Gasteiger partial charge is 0.317 e. The van der Waals surface area contributed by atoms with Gasteiger partial charge in [-0.2, -0.15) is 0 Å². The lowest BCUT2D eigenvalue weighted by molar-refractivity contribution is -0.117. The number of fused-ring (bicyclic) bond motifs is 1. The average Bonchev–Trinajstić information content (AvgIpc) is 2.86. The van der Waals surface area contributed by atoms with E-state index in [1.807, 2.05) is 0 Å². The van der Waals surface area contributed by atoms with E-state index in [4.69, 9.17) is 0 Å². The first-order chi connectivity index (χ1) is 12.0. The lowest BCUT2D eigenvalue weighted by Gasteiger charge is -2.28. The molecule has 25 heavy (non-hydrogen) atoms. The summed E-state index contributed by atoms with van der Waals surface area (Å²) in [4.78, 5) is 41.8. The summed E-state index contributed by atoms with van der Waals surface area (Å²) < 4.78 is 4.63. The average molecular weight is 344 g/mol. The first kappa shape index (κ1) is 16.3. The molecule has 0 atom stereocenters. The maximum atomic E-state index is 13.0. The summed E-state index contributed by atoms with van der Waals surface area (Å²) in [5.74, 6) is 0.846. The minimum atomic E-state index is -0.310. The number of aromatic nitrogens is 4. The van der Waals surface area contributed by atoms with Crippen molar-refractivity contribution in [3.63, 3.8) is 0 Å². The van der Waals surface area contributed by atoms with Crippen molar-refractivity contribution in [2.24, 2.45) is 11.8 Å². The third-order valence-electron chi connectivity index (χ3n) is 5.71. The molecule has 0 N–H and O–H groups in total. The van der Waals surface area contributed by atoms with Crippen LogP contribution in [0, 0.1) is 11.8 Å². The zero-order valence-electron chi connectivity index (χ0n) is 14.6. The Labute approximate surface area is 145 Å². The molecule has 2 saturated carbocycles. The highest BCUT2D eigenvalue weighted by atomic mass is 16.2. The fourth-order valence-corrected chi connectivity index (χ4v) is 3.79. The fraction of sp³-hybridized carbons (Fsp3) is 0.667. The Bertz CT molecular complexity index is 928. The van der Waals surface area contributed by atoms with Crippen LogP contribution in [0.3, 0.4) is 0 Å². The fourth-order valence-electron chi connectivity index (χ4n) is 3.79. The Morgan fingerprint density at radius 1 is 1.08 bits per heavy atom. The zero-order chi connectivity index (χ0) is 17.6. The van der Waals surface area contributed by atoms with Gasteiger partial charge in [-0.05, 0) is 44.4 Å². The van der Waals surface area contributed by atoms with Gasteiger partial charge in [-0.1, -0.05) is 12.8 Å². The Morgan fingerprint density at radius 3 is 2.20 bits per heavy atom. The SMILES string of the molecule is CC(=O)Cn1cnc2c1c(=O)n(CC1CCC1)c(=O)n2CC1CCC1. The van der Waals surface area contributed by atoms with Gasteiger partial charge in [0.1, 0.15) is 5.78 Å². The highest BCUT2D eigenvalue weighted by Gasteiger charge is 2.26. The molecule has 0 amide bonds. The van der Waals surface area contributed by atoms with Gasteiger partial charge < -0.3 is 4.57 Å². The van der Waals surface area contributed by atoms with E-state index in [0.29, 0.717) is 36.1 Å². The summed E-state index contributed by atoms with van der Waals surface area (Å²) in [6, 6.07) is 0.